The van der Waals surface area contributed by atoms with Crippen LogP contribution in [-0.4, -0.2) is 12.2 Å². The fourth-order valence-electron chi connectivity index (χ4n) is 1.27. The van der Waals surface area contributed by atoms with Crippen molar-refractivity contribution in [3.63, 3.8) is 0 Å². The Morgan fingerprint density at radius 1 is 1.44 bits per heavy atom. The molecule has 0 amide bonds. The van der Waals surface area contributed by atoms with E-state index in [9.17, 15) is 18.3 Å². The largest absolute Gasteiger partial charge is 0.496 e. The SMILES string of the molecule is C=CC(O)c1ccc(OC)c(C(F)(F)F)c1. The lowest BCUT2D eigenvalue weighted by atomic mass is 10.0. The number of rotatable bonds is 3. The first kappa shape index (κ1) is 12.6. The molecule has 0 saturated carbocycles. The maximum absolute atomic E-state index is 12.6. The smallest absolute Gasteiger partial charge is 0.419 e. The van der Waals surface area contributed by atoms with Crippen LogP contribution in [0.15, 0.2) is 30.9 Å². The Balaban J connectivity index is 3.27. The Labute approximate surface area is 91.0 Å². The highest BCUT2D eigenvalue weighted by molar-refractivity contribution is 5.40. The normalized spacial score (nSPS) is 13.3. The molecule has 16 heavy (non-hydrogen) atoms. The minimum atomic E-state index is -4.51. The summed E-state index contributed by atoms with van der Waals surface area (Å²) in [6, 6.07) is 3.39. The third kappa shape index (κ3) is 2.55. The molecule has 1 unspecified atom stereocenters. The molecular formula is C11H11F3O2. The molecule has 5 heteroatoms. The first-order valence-electron chi connectivity index (χ1n) is 4.46. The Bertz CT molecular complexity index is 385. The standard InChI is InChI=1S/C11H11F3O2/c1-3-9(15)7-4-5-10(16-2)8(6-7)11(12,13)14/h3-6,9,15H,1H2,2H3. The van der Waals surface area contributed by atoms with E-state index in [1.165, 1.54) is 12.1 Å². The molecule has 1 aromatic carbocycles. The lowest BCUT2D eigenvalue weighted by molar-refractivity contribution is -0.138. The van der Waals surface area contributed by atoms with Crippen LogP contribution in [0, 0.1) is 0 Å². The van der Waals surface area contributed by atoms with Crippen molar-refractivity contribution in [3.05, 3.63) is 42.0 Å². The third-order valence-corrected chi connectivity index (χ3v) is 2.09. The van der Waals surface area contributed by atoms with Crippen LogP contribution in [0.3, 0.4) is 0 Å². The molecule has 1 N–H and O–H groups in total. The lowest BCUT2D eigenvalue weighted by Gasteiger charge is -2.14. The van der Waals surface area contributed by atoms with Gasteiger partial charge in [0.25, 0.3) is 0 Å². The molecule has 1 atom stereocenters. The van der Waals surface area contributed by atoms with E-state index in [1.54, 1.807) is 0 Å². The second kappa shape index (κ2) is 4.57. The average molecular weight is 232 g/mol. The first-order chi connectivity index (χ1) is 7.40. The number of hydrogen-bond donors (Lipinski definition) is 1. The molecular weight excluding hydrogens is 221 g/mol. The van der Waals surface area contributed by atoms with E-state index in [-0.39, 0.29) is 11.3 Å². The first-order valence-corrected chi connectivity index (χ1v) is 4.46. The van der Waals surface area contributed by atoms with Gasteiger partial charge in [0, 0.05) is 0 Å². The van der Waals surface area contributed by atoms with Crippen molar-refractivity contribution in [2.24, 2.45) is 0 Å². The van der Waals surface area contributed by atoms with Gasteiger partial charge < -0.3 is 9.84 Å². The Morgan fingerprint density at radius 2 is 2.06 bits per heavy atom. The molecule has 2 nitrogen and oxygen atoms in total. The Hall–Kier alpha value is -1.49. The van der Waals surface area contributed by atoms with Gasteiger partial charge in [0.2, 0.25) is 0 Å². The molecule has 0 fully saturated rings. The predicted octanol–water partition coefficient (Wildman–Crippen LogP) is 2.93. The van der Waals surface area contributed by atoms with E-state index in [1.807, 2.05) is 0 Å². The Morgan fingerprint density at radius 3 is 2.50 bits per heavy atom. The van der Waals surface area contributed by atoms with Crippen molar-refractivity contribution in [2.75, 3.05) is 7.11 Å². The highest BCUT2D eigenvalue weighted by Gasteiger charge is 2.34. The number of ether oxygens (including phenoxy) is 1. The van der Waals surface area contributed by atoms with Crippen LogP contribution in [0.1, 0.15) is 17.2 Å². The molecule has 0 aromatic heterocycles. The van der Waals surface area contributed by atoms with Crippen LogP contribution >= 0.6 is 0 Å². The fraction of sp³-hybridized carbons (Fsp3) is 0.273. The van der Waals surface area contributed by atoms with Crippen molar-refractivity contribution < 1.29 is 23.0 Å². The lowest BCUT2D eigenvalue weighted by Crippen LogP contribution is -2.09. The highest BCUT2D eigenvalue weighted by Crippen LogP contribution is 2.37. The van der Waals surface area contributed by atoms with Crippen LogP contribution in [0.4, 0.5) is 13.2 Å². The summed E-state index contributed by atoms with van der Waals surface area (Å²) in [7, 11) is 1.16. The maximum atomic E-state index is 12.6. The van der Waals surface area contributed by atoms with Crippen LogP contribution in [0.2, 0.25) is 0 Å². The van der Waals surface area contributed by atoms with Crippen molar-refractivity contribution in [2.45, 2.75) is 12.3 Å². The van der Waals surface area contributed by atoms with Gasteiger partial charge in [-0.15, -0.1) is 6.58 Å². The van der Waals surface area contributed by atoms with Crippen molar-refractivity contribution in [3.8, 4) is 5.75 Å². The minimum absolute atomic E-state index is 0.128. The van der Waals surface area contributed by atoms with E-state index in [0.29, 0.717) is 0 Å². The van der Waals surface area contributed by atoms with E-state index in [2.05, 4.69) is 11.3 Å². The van der Waals surface area contributed by atoms with E-state index >= 15 is 0 Å². The van der Waals surface area contributed by atoms with E-state index in [4.69, 9.17) is 0 Å². The quantitative estimate of drug-likeness (QED) is 0.812. The second-order valence-corrected chi connectivity index (χ2v) is 3.14. The molecule has 0 aliphatic heterocycles. The summed E-state index contributed by atoms with van der Waals surface area (Å²) >= 11 is 0. The van der Waals surface area contributed by atoms with Crippen molar-refractivity contribution >= 4 is 0 Å². The molecule has 0 aliphatic carbocycles. The summed E-state index contributed by atoms with van der Waals surface area (Å²) in [5.74, 6) is -0.271. The summed E-state index contributed by atoms with van der Waals surface area (Å²) in [4.78, 5) is 0. The number of aliphatic hydroxyl groups excluding tert-OH is 1. The van der Waals surface area contributed by atoms with Gasteiger partial charge in [-0.3, -0.25) is 0 Å². The van der Waals surface area contributed by atoms with Gasteiger partial charge in [0.15, 0.2) is 0 Å². The zero-order valence-corrected chi connectivity index (χ0v) is 8.58. The number of aliphatic hydroxyl groups is 1. The summed E-state index contributed by atoms with van der Waals surface area (Å²) in [5, 5.41) is 9.36. The van der Waals surface area contributed by atoms with E-state index in [0.717, 1.165) is 19.3 Å². The molecule has 1 rings (SSSR count). The fourth-order valence-corrected chi connectivity index (χ4v) is 1.27. The average Bonchev–Trinajstić information content (AvgIpc) is 2.26. The van der Waals surface area contributed by atoms with Gasteiger partial charge in [0.1, 0.15) is 5.75 Å². The van der Waals surface area contributed by atoms with Gasteiger partial charge >= 0.3 is 6.18 Å². The molecule has 0 saturated heterocycles. The van der Waals surface area contributed by atoms with Crippen molar-refractivity contribution in [1.82, 2.24) is 0 Å². The predicted molar refractivity (Wildman–Crippen MR) is 53.2 cm³/mol. The summed E-state index contributed by atoms with van der Waals surface area (Å²) in [5.41, 5.74) is -0.781. The number of hydrogen-bond acceptors (Lipinski definition) is 2. The number of alkyl halides is 3. The number of methoxy groups -OCH3 is 1. The zero-order valence-electron chi connectivity index (χ0n) is 8.58. The van der Waals surface area contributed by atoms with Crippen molar-refractivity contribution in [1.29, 1.82) is 0 Å². The third-order valence-electron chi connectivity index (χ3n) is 2.09. The van der Waals surface area contributed by atoms with Gasteiger partial charge in [-0.25, -0.2) is 0 Å². The number of benzene rings is 1. The molecule has 1 aromatic rings. The molecule has 0 radical (unpaired) electrons. The number of halogens is 3. The van der Waals surface area contributed by atoms with Gasteiger partial charge in [-0.1, -0.05) is 12.1 Å². The summed E-state index contributed by atoms with van der Waals surface area (Å²) in [6.07, 6.45) is -4.48. The maximum Gasteiger partial charge on any atom is 0.419 e. The Kier molecular flexibility index (Phi) is 3.59. The van der Waals surface area contributed by atoms with Gasteiger partial charge in [-0.05, 0) is 17.7 Å². The van der Waals surface area contributed by atoms with Crippen LogP contribution in [-0.2, 0) is 6.18 Å². The zero-order chi connectivity index (χ0) is 12.3. The van der Waals surface area contributed by atoms with Gasteiger partial charge in [0.05, 0.1) is 18.8 Å². The van der Waals surface area contributed by atoms with Gasteiger partial charge in [-0.2, -0.15) is 13.2 Å². The molecule has 0 bridgehead atoms. The second-order valence-electron chi connectivity index (χ2n) is 3.14. The summed E-state index contributed by atoms with van der Waals surface area (Å²) < 4.78 is 42.4. The molecule has 0 aliphatic rings. The minimum Gasteiger partial charge on any atom is -0.496 e. The highest BCUT2D eigenvalue weighted by atomic mass is 19.4. The molecule has 88 valence electrons. The molecule has 0 heterocycles. The monoisotopic (exact) mass is 232 g/mol. The van der Waals surface area contributed by atoms with Crippen LogP contribution in [0.25, 0.3) is 0 Å². The van der Waals surface area contributed by atoms with Crippen LogP contribution in [0.5, 0.6) is 5.75 Å². The topological polar surface area (TPSA) is 29.5 Å². The summed E-state index contributed by atoms with van der Waals surface area (Å²) in [6.45, 7) is 3.31. The molecule has 0 spiro atoms. The van der Waals surface area contributed by atoms with E-state index < -0.39 is 17.8 Å². The van der Waals surface area contributed by atoms with Crippen LogP contribution < -0.4 is 4.74 Å².